The number of hydrogen-bond acceptors (Lipinski definition) is 6. The SMILES string of the molecule is CCCCCCCCCCCCCCCCCCN(C)C(=O)OCC(C)(COP(=O)(O)OCCBr)OC. The summed E-state index contributed by atoms with van der Waals surface area (Å²) in [5.41, 5.74) is -1.07. The Kier molecular flexibility index (Phi) is 23.6. The zero-order valence-electron chi connectivity index (χ0n) is 24.0. The predicted molar refractivity (Wildman–Crippen MR) is 154 cm³/mol. The van der Waals surface area contributed by atoms with E-state index < -0.39 is 19.5 Å². The fourth-order valence-corrected chi connectivity index (χ4v) is 5.12. The topological polar surface area (TPSA) is 94.5 Å². The molecule has 0 saturated heterocycles. The van der Waals surface area contributed by atoms with Crippen molar-refractivity contribution in [1.29, 1.82) is 0 Å². The van der Waals surface area contributed by atoms with Crippen molar-refractivity contribution in [2.24, 2.45) is 0 Å². The number of hydrogen-bond donors (Lipinski definition) is 1. The van der Waals surface area contributed by atoms with Crippen LogP contribution in [0, 0.1) is 0 Å². The van der Waals surface area contributed by atoms with Crippen LogP contribution in [0.4, 0.5) is 4.79 Å². The smallest absolute Gasteiger partial charge is 0.446 e. The highest BCUT2D eigenvalue weighted by Crippen LogP contribution is 2.44. The summed E-state index contributed by atoms with van der Waals surface area (Å²) in [6.07, 6.45) is 20.6. The Morgan fingerprint density at radius 1 is 0.838 bits per heavy atom. The minimum absolute atomic E-state index is 0.0383. The Hall–Kier alpha value is -0.180. The van der Waals surface area contributed by atoms with Crippen molar-refractivity contribution in [3.05, 3.63) is 0 Å². The molecule has 0 bridgehead atoms. The van der Waals surface area contributed by atoms with Crippen LogP contribution in [0.2, 0.25) is 0 Å². The normalized spacial score (nSPS) is 14.8. The third kappa shape index (κ3) is 22.3. The van der Waals surface area contributed by atoms with Gasteiger partial charge in [-0.05, 0) is 13.3 Å². The van der Waals surface area contributed by atoms with E-state index in [1.165, 1.54) is 97.0 Å². The van der Waals surface area contributed by atoms with E-state index in [1.54, 1.807) is 18.9 Å². The molecule has 222 valence electrons. The first kappa shape index (κ1) is 36.8. The van der Waals surface area contributed by atoms with Gasteiger partial charge in [-0.3, -0.25) is 9.05 Å². The number of rotatable bonds is 26. The number of alkyl halides is 1. The van der Waals surface area contributed by atoms with Gasteiger partial charge in [0.2, 0.25) is 0 Å². The summed E-state index contributed by atoms with van der Waals surface area (Å²) in [7, 11) is -1.05. The van der Waals surface area contributed by atoms with Crippen molar-refractivity contribution in [2.75, 3.05) is 45.9 Å². The Labute approximate surface area is 235 Å². The maximum absolute atomic E-state index is 12.3. The molecule has 0 aromatic heterocycles. The van der Waals surface area contributed by atoms with Crippen LogP contribution in [0.3, 0.4) is 0 Å². The lowest BCUT2D eigenvalue weighted by atomic mass is 10.0. The molecule has 0 aliphatic rings. The molecule has 1 N–H and O–H groups in total. The number of phosphoric ester groups is 1. The molecule has 0 heterocycles. The highest BCUT2D eigenvalue weighted by atomic mass is 79.9. The third-order valence-corrected chi connectivity index (χ3v) is 7.81. The number of unbranched alkanes of at least 4 members (excludes halogenated alkanes) is 15. The zero-order valence-corrected chi connectivity index (χ0v) is 26.5. The zero-order chi connectivity index (χ0) is 27.8. The summed E-state index contributed by atoms with van der Waals surface area (Å²) < 4.78 is 32.3. The molecule has 1 amide bonds. The van der Waals surface area contributed by atoms with Gasteiger partial charge in [-0.25, -0.2) is 9.36 Å². The molecule has 0 fully saturated rings. The number of amides is 1. The van der Waals surface area contributed by atoms with Gasteiger partial charge in [0, 0.05) is 26.0 Å². The second-order valence-electron chi connectivity index (χ2n) is 10.2. The van der Waals surface area contributed by atoms with Crippen LogP contribution in [0.25, 0.3) is 0 Å². The number of phosphoric acid groups is 1. The Morgan fingerprint density at radius 2 is 1.30 bits per heavy atom. The minimum atomic E-state index is -4.19. The fraction of sp³-hybridized carbons (Fsp3) is 0.963. The second-order valence-corrected chi connectivity index (χ2v) is 12.4. The average molecular weight is 617 g/mol. The van der Waals surface area contributed by atoms with Gasteiger partial charge in [0.1, 0.15) is 12.2 Å². The van der Waals surface area contributed by atoms with Crippen molar-refractivity contribution in [1.82, 2.24) is 4.90 Å². The molecule has 2 unspecified atom stereocenters. The van der Waals surface area contributed by atoms with Crippen LogP contribution < -0.4 is 0 Å². The second kappa shape index (κ2) is 23.7. The van der Waals surface area contributed by atoms with Crippen molar-refractivity contribution >= 4 is 29.8 Å². The maximum Gasteiger partial charge on any atom is 0.472 e. The quantitative estimate of drug-likeness (QED) is 0.0594. The van der Waals surface area contributed by atoms with Crippen molar-refractivity contribution in [3.8, 4) is 0 Å². The van der Waals surface area contributed by atoms with Gasteiger partial charge < -0.3 is 19.3 Å². The van der Waals surface area contributed by atoms with Crippen LogP contribution in [0.1, 0.15) is 117 Å². The predicted octanol–water partition coefficient (Wildman–Crippen LogP) is 8.25. The largest absolute Gasteiger partial charge is 0.472 e. The Bertz CT molecular complexity index is 599. The molecule has 0 aromatic rings. The van der Waals surface area contributed by atoms with Crippen LogP contribution in [0.5, 0.6) is 0 Å². The number of nitrogens with zero attached hydrogens (tertiary/aromatic N) is 1. The summed E-state index contributed by atoms with van der Waals surface area (Å²) in [4.78, 5) is 23.5. The van der Waals surface area contributed by atoms with Crippen LogP contribution >= 0.6 is 23.8 Å². The molecule has 0 aromatic carbocycles. The van der Waals surface area contributed by atoms with E-state index >= 15 is 0 Å². The summed E-state index contributed by atoms with van der Waals surface area (Å²) in [6, 6.07) is 0. The molecule has 10 heteroatoms. The molecule has 8 nitrogen and oxygen atoms in total. The molecule has 0 aliphatic heterocycles. The van der Waals surface area contributed by atoms with E-state index in [1.807, 2.05) is 0 Å². The molecule has 0 rings (SSSR count). The van der Waals surface area contributed by atoms with Gasteiger partial charge in [0.15, 0.2) is 0 Å². The number of ether oxygens (including phenoxy) is 2. The third-order valence-electron chi connectivity index (χ3n) is 6.52. The van der Waals surface area contributed by atoms with Crippen molar-refractivity contribution < 1.29 is 32.8 Å². The molecular weight excluding hydrogens is 561 g/mol. The summed E-state index contributed by atoms with van der Waals surface area (Å²) in [5, 5.41) is 0.409. The lowest BCUT2D eigenvalue weighted by Crippen LogP contribution is -2.41. The van der Waals surface area contributed by atoms with E-state index in [2.05, 4.69) is 22.9 Å². The van der Waals surface area contributed by atoms with Crippen LogP contribution in [0.15, 0.2) is 0 Å². The number of carbonyl (C=O) groups excluding carboxylic acids is 1. The standard InChI is InChI=1S/C27H55BrNO7P/c1-5-6-7-8-9-10-11-12-13-14-15-16-17-18-19-20-22-29(3)26(30)34-24-27(2,33-4)25-36-37(31,32)35-23-21-28/h5-25H2,1-4H3,(H,31,32). The number of methoxy groups -OCH3 is 1. The molecule has 0 spiro atoms. The number of carbonyl (C=O) groups is 1. The first-order valence-electron chi connectivity index (χ1n) is 14.3. The van der Waals surface area contributed by atoms with E-state index in [0.29, 0.717) is 11.9 Å². The van der Waals surface area contributed by atoms with Gasteiger partial charge in [0.05, 0.1) is 13.2 Å². The first-order valence-corrected chi connectivity index (χ1v) is 16.9. The fourth-order valence-electron chi connectivity index (χ4n) is 3.88. The maximum atomic E-state index is 12.3. The van der Waals surface area contributed by atoms with Crippen molar-refractivity contribution in [2.45, 2.75) is 122 Å². The van der Waals surface area contributed by atoms with E-state index in [-0.39, 0.29) is 19.8 Å². The van der Waals surface area contributed by atoms with Gasteiger partial charge in [0.25, 0.3) is 0 Å². The molecule has 0 radical (unpaired) electrons. The monoisotopic (exact) mass is 615 g/mol. The van der Waals surface area contributed by atoms with E-state index in [0.717, 1.165) is 12.8 Å². The minimum Gasteiger partial charge on any atom is -0.446 e. The molecule has 0 saturated carbocycles. The van der Waals surface area contributed by atoms with Gasteiger partial charge in [-0.15, -0.1) is 0 Å². The first-order chi connectivity index (χ1) is 17.7. The molecule has 37 heavy (non-hydrogen) atoms. The van der Waals surface area contributed by atoms with Gasteiger partial charge in [-0.2, -0.15) is 0 Å². The average Bonchev–Trinajstić information content (AvgIpc) is 2.89. The van der Waals surface area contributed by atoms with E-state index in [9.17, 15) is 14.3 Å². The summed E-state index contributed by atoms with van der Waals surface area (Å²) >= 11 is 3.12. The lowest BCUT2D eigenvalue weighted by molar-refractivity contribution is -0.0768. The van der Waals surface area contributed by atoms with Crippen molar-refractivity contribution in [3.63, 3.8) is 0 Å². The van der Waals surface area contributed by atoms with Gasteiger partial charge in [-0.1, -0.05) is 119 Å². The summed E-state index contributed by atoms with van der Waals surface area (Å²) in [5.74, 6) is 0. The highest BCUT2D eigenvalue weighted by Gasteiger charge is 2.32. The van der Waals surface area contributed by atoms with Crippen LogP contribution in [-0.2, 0) is 23.1 Å². The highest BCUT2D eigenvalue weighted by molar-refractivity contribution is 9.09. The van der Waals surface area contributed by atoms with Crippen LogP contribution in [-0.4, -0.2) is 67.3 Å². The molecule has 2 atom stereocenters. The Morgan fingerprint density at radius 3 is 1.73 bits per heavy atom. The Balaban J connectivity index is 3.77. The number of halogens is 1. The molecular formula is C27H55BrNO7P. The van der Waals surface area contributed by atoms with E-state index in [4.69, 9.17) is 18.5 Å². The lowest BCUT2D eigenvalue weighted by Gasteiger charge is -2.29. The molecule has 0 aliphatic carbocycles. The summed E-state index contributed by atoms with van der Waals surface area (Å²) in [6.45, 7) is 4.21. The van der Waals surface area contributed by atoms with Gasteiger partial charge >= 0.3 is 13.9 Å².